The lowest BCUT2D eigenvalue weighted by Gasteiger charge is -1.85. The maximum absolute atomic E-state index is 5.08. The monoisotopic (exact) mass is 234 g/mol. The third-order valence-corrected chi connectivity index (χ3v) is 0.394. The molecule has 0 unspecified atom stereocenters. The predicted octanol–water partition coefficient (Wildman–Crippen LogP) is 0.320. The van der Waals surface area contributed by atoms with E-state index in [-0.39, 0.29) is 34.0 Å². The van der Waals surface area contributed by atoms with E-state index < -0.39 is 0 Å². The third-order valence-electron chi connectivity index (χ3n) is 0.394. The summed E-state index contributed by atoms with van der Waals surface area (Å²) in [6.07, 6.45) is 0. The van der Waals surface area contributed by atoms with E-state index in [1.807, 2.05) is 7.05 Å². The van der Waals surface area contributed by atoms with Crippen molar-refractivity contribution >= 4 is 34.0 Å². The third kappa shape index (κ3) is 19.8. The molecule has 0 amide bonds. The Hall–Kier alpha value is 0.880. The number of hydrogen-bond acceptors (Lipinski definition) is 2. The summed E-state index contributed by atoms with van der Waals surface area (Å²) in [6, 6.07) is 0. The van der Waals surface area contributed by atoms with E-state index in [1.54, 1.807) is 0 Å². The highest BCUT2D eigenvalue weighted by molar-refractivity contribution is 8.93. The molecule has 0 saturated carbocycles. The van der Waals surface area contributed by atoms with Gasteiger partial charge in [0.1, 0.15) is 0 Å². The van der Waals surface area contributed by atoms with E-state index in [2.05, 4.69) is 5.32 Å². The Kier molecular flexibility index (Phi) is 35.4. The van der Waals surface area contributed by atoms with Gasteiger partial charge in [0.25, 0.3) is 0 Å². The molecule has 0 radical (unpaired) electrons. The molecule has 0 aromatic heterocycles. The first-order valence-corrected chi connectivity index (χ1v) is 1.76. The van der Waals surface area contributed by atoms with Crippen LogP contribution in [-0.2, 0) is 0 Å². The maximum atomic E-state index is 5.08. The van der Waals surface area contributed by atoms with Gasteiger partial charge in [-0.1, -0.05) is 0 Å². The van der Waals surface area contributed by atoms with Crippen LogP contribution in [0.1, 0.15) is 0 Å². The van der Waals surface area contributed by atoms with E-state index in [4.69, 9.17) is 5.73 Å². The normalized spacial score (nSPS) is 6.00. The van der Waals surface area contributed by atoms with Crippen molar-refractivity contribution in [3.05, 3.63) is 0 Å². The van der Waals surface area contributed by atoms with Crippen molar-refractivity contribution in [2.24, 2.45) is 5.73 Å². The van der Waals surface area contributed by atoms with Gasteiger partial charge >= 0.3 is 0 Å². The summed E-state index contributed by atoms with van der Waals surface area (Å²) in [6.45, 7) is 1.65. The molecular weight excluding hydrogens is 224 g/mol. The second-order valence-electron chi connectivity index (χ2n) is 0.892. The molecule has 48 valence electrons. The summed E-state index contributed by atoms with van der Waals surface area (Å²) in [5, 5.41) is 2.89. The first-order valence-electron chi connectivity index (χ1n) is 1.76. The zero-order valence-electron chi connectivity index (χ0n) is 4.31. The molecule has 0 heterocycles. The van der Waals surface area contributed by atoms with Gasteiger partial charge in [-0.05, 0) is 7.05 Å². The van der Waals surface area contributed by atoms with Crippen LogP contribution in [0.4, 0.5) is 0 Å². The first kappa shape index (κ1) is 15.7. The number of halogens is 2. The topological polar surface area (TPSA) is 38.0 Å². The number of nitrogens with one attached hydrogen (secondary N) is 1. The average molecular weight is 236 g/mol. The summed E-state index contributed by atoms with van der Waals surface area (Å²) in [5.74, 6) is 0. The molecule has 0 saturated heterocycles. The molecule has 0 bridgehead atoms. The van der Waals surface area contributed by atoms with E-state index in [0.29, 0.717) is 0 Å². The van der Waals surface area contributed by atoms with Crippen molar-refractivity contribution in [1.29, 1.82) is 0 Å². The van der Waals surface area contributed by atoms with Gasteiger partial charge in [-0.3, -0.25) is 0 Å². The molecule has 0 spiro atoms. The molecule has 0 atom stereocenters. The van der Waals surface area contributed by atoms with Gasteiger partial charge < -0.3 is 11.1 Å². The van der Waals surface area contributed by atoms with Crippen molar-refractivity contribution in [2.45, 2.75) is 0 Å². The van der Waals surface area contributed by atoms with Crippen LogP contribution in [0.5, 0.6) is 0 Å². The largest absolute Gasteiger partial charge is 0.329 e. The van der Waals surface area contributed by atoms with Crippen molar-refractivity contribution in [2.75, 3.05) is 20.1 Å². The Morgan fingerprint density at radius 2 is 1.86 bits per heavy atom. The quantitative estimate of drug-likeness (QED) is 0.724. The zero-order valence-corrected chi connectivity index (χ0v) is 7.73. The Morgan fingerprint density at radius 3 is 1.86 bits per heavy atom. The van der Waals surface area contributed by atoms with Gasteiger partial charge in [-0.25, -0.2) is 0 Å². The average Bonchev–Trinajstić information content (AvgIpc) is 1.41. The van der Waals surface area contributed by atoms with Crippen LogP contribution in [0.3, 0.4) is 0 Å². The smallest absolute Gasteiger partial charge is 0.00714 e. The zero-order chi connectivity index (χ0) is 4.12. The van der Waals surface area contributed by atoms with Crippen LogP contribution in [-0.4, -0.2) is 20.1 Å². The molecule has 0 aromatic carbocycles. The fourth-order valence-electron chi connectivity index (χ4n) is 0.144. The molecule has 0 rings (SSSR count). The Balaban J connectivity index is -0.0000000800. The molecule has 0 fully saturated rings. The highest BCUT2D eigenvalue weighted by Gasteiger charge is 1.64. The summed E-state index contributed by atoms with van der Waals surface area (Å²) in [5.41, 5.74) is 5.08. The van der Waals surface area contributed by atoms with Crippen LogP contribution in [0, 0.1) is 0 Å². The fourth-order valence-corrected chi connectivity index (χ4v) is 0.144. The lowest BCUT2D eigenvalue weighted by molar-refractivity contribution is 0.802. The van der Waals surface area contributed by atoms with Crippen LogP contribution >= 0.6 is 34.0 Å². The van der Waals surface area contributed by atoms with E-state index in [0.717, 1.165) is 13.1 Å². The summed E-state index contributed by atoms with van der Waals surface area (Å²) < 4.78 is 0. The van der Waals surface area contributed by atoms with Gasteiger partial charge in [0.2, 0.25) is 0 Å². The molecule has 3 N–H and O–H groups in total. The highest BCUT2D eigenvalue weighted by Crippen LogP contribution is 1.37. The molecule has 0 aliphatic carbocycles. The summed E-state index contributed by atoms with van der Waals surface area (Å²) in [7, 11) is 1.88. The van der Waals surface area contributed by atoms with E-state index in [1.165, 1.54) is 0 Å². The number of likely N-dealkylation sites (N-methyl/N-ethyl adjacent to an activating group) is 1. The molecule has 7 heavy (non-hydrogen) atoms. The Labute approximate surface area is 65.4 Å². The van der Waals surface area contributed by atoms with Crippen molar-refractivity contribution in [3.63, 3.8) is 0 Å². The van der Waals surface area contributed by atoms with Gasteiger partial charge in [-0.2, -0.15) is 0 Å². The fraction of sp³-hybridized carbons (Fsp3) is 1.00. The lowest BCUT2D eigenvalue weighted by Crippen LogP contribution is -2.17. The van der Waals surface area contributed by atoms with Gasteiger partial charge in [0, 0.05) is 13.1 Å². The minimum Gasteiger partial charge on any atom is -0.329 e. The summed E-state index contributed by atoms with van der Waals surface area (Å²) >= 11 is 0. The van der Waals surface area contributed by atoms with Gasteiger partial charge in [0.15, 0.2) is 0 Å². The van der Waals surface area contributed by atoms with Crippen LogP contribution in [0.2, 0.25) is 0 Å². The minimum atomic E-state index is 0. The minimum absolute atomic E-state index is 0. The molecule has 2 nitrogen and oxygen atoms in total. The van der Waals surface area contributed by atoms with Gasteiger partial charge in [-0.15, -0.1) is 34.0 Å². The predicted molar refractivity (Wildman–Crippen MR) is 43.6 cm³/mol. The van der Waals surface area contributed by atoms with Crippen LogP contribution in [0.15, 0.2) is 0 Å². The second kappa shape index (κ2) is 15.8. The molecule has 0 aliphatic rings. The number of hydrogen-bond donors (Lipinski definition) is 2. The Morgan fingerprint density at radius 1 is 1.43 bits per heavy atom. The highest BCUT2D eigenvalue weighted by atomic mass is 79.9. The van der Waals surface area contributed by atoms with Crippen LogP contribution < -0.4 is 11.1 Å². The summed E-state index contributed by atoms with van der Waals surface area (Å²) in [4.78, 5) is 0. The Bertz CT molecular complexity index is 18.4. The lowest BCUT2D eigenvalue weighted by atomic mass is 10.7. The maximum Gasteiger partial charge on any atom is 0.00714 e. The van der Waals surface area contributed by atoms with Crippen molar-refractivity contribution in [1.82, 2.24) is 5.32 Å². The molecule has 4 heteroatoms. The molecule has 0 aromatic rings. The van der Waals surface area contributed by atoms with Crippen molar-refractivity contribution < 1.29 is 0 Å². The molecule has 0 aliphatic heterocycles. The molecular formula is C3H12Br2N2. The van der Waals surface area contributed by atoms with Crippen molar-refractivity contribution in [3.8, 4) is 0 Å². The first-order chi connectivity index (χ1) is 2.41. The number of rotatable bonds is 2. The standard InChI is InChI=1S/C3H10N2.2BrH/c1-5-3-2-4;;/h5H,2-4H2,1H3;2*1H. The second-order valence-corrected chi connectivity index (χ2v) is 0.892. The van der Waals surface area contributed by atoms with Crippen LogP contribution in [0.25, 0.3) is 0 Å². The van der Waals surface area contributed by atoms with E-state index in [9.17, 15) is 0 Å². The number of nitrogens with two attached hydrogens (primary N) is 1. The van der Waals surface area contributed by atoms with E-state index >= 15 is 0 Å². The van der Waals surface area contributed by atoms with Gasteiger partial charge in [0.05, 0.1) is 0 Å². The SMILES string of the molecule is Br.Br.CNCCN.